The van der Waals surface area contributed by atoms with Gasteiger partial charge >= 0.3 is 12.0 Å². The summed E-state index contributed by atoms with van der Waals surface area (Å²) in [6.45, 7) is 5.65. The highest BCUT2D eigenvalue weighted by Gasteiger charge is 2.46. The smallest absolute Gasteiger partial charge is 0.329 e. The Hall–Kier alpha value is -1.30. The molecule has 0 aromatic heterocycles. The van der Waals surface area contributed by atoms with Crippen molar-refractivity contribution in [1.82, 2.24) is 10.6 Å². The van der Waals surface area contributed by atoms with Gasteiger partial charge in [0.2, 0.25) is 0 Å². The van der Waals surface area contributed by atoms with Crippen LogP contribution in [0.5, 0.6) is 0 Å². The second-order valence-electron chi connectivity index (χ2n) is 6.22. The first-order chi connectivity index (χ1) is 8.86. The SMILES string of the molecule is CC1(C)CC1CNC(=O)NC1(C(=O)O)CCOCC1. The van der Waals surface area contributed by atoms with Gasteiger partial charge in [0, 0.05) is 32.6 Å². The van der Waals surface area contributed by atoms with Gasteiger partial charge in [-0.05, 0) is 17.8 Å². The van der Waals surface area contributed by atoms with E-state index in [-0.39, 0.29) is 0 Å². The van der Waals surface area contributed by atoms with Crippen LogP contribution in [0.2, 0.25) is 0 Å². The molecule has 0 radical (unpaired) electrons. The lowest BCUT2D eigenvalue weighted by Gasteiger charge is -2.33. The summed E-state index contributed by atoms with van der Waals surface area (Å²) in [4.78, 5) is 23.2. The lowest BCUT2D eigenvalue weighted by atomic mass is 9.90. The van der Waals surface area contributed by atoms with Crippen molar-refractivity contribution in [3.05, 3.63) is 0 Å². The Balaban J connectivity index is 1.83. The third-order valence-corrected chi connectivity index (χ3v) is 4.34. The molecule has 1 unspecified atom stereocenters. The summed E-state index contributed by atoms with van der Waals surface area (Å²) in [6.07, 6.45) is 1.72. The van der Waals surface area contributed by atoms with Gasteiger partial charge in [0.1, 0.15) is 5.54 Å². The van der Waals surface area contributed by atoms with Gasteiger partial charge in [0.15, 0.2) is 0 Å². The zero-order valence-corrected chi connectivity index (χ0v) is 11.5. The van der Waals surface area contributed by atoms with Crippen molar-refractivity contribution >= 4 is 12.0 Å². The predicted octanol–water partition coefficient (Wildman–Crippen LogP) is 0.965. The quantitative estimate of drug-likeness (QED) is 0.710. The Morgan fingerprint density at radius 1 is 1.32 bits per heavy atom. The third-order valence-electron chi connectivity index (χ3n) is 4.34. The Morgan fingerprint density at radius 2 is 1.89 bits per heavy atom. The van der Waals surface area contributed by atoms with E-state index in [4.69, 9.17) is 4.74 Å². The Bertz CT molecular complexity index is 375. The van der Waals surface area contributed by atoms with Crippen LogP contribution < -0.4 is 10.6 Å². The van der Waals surface area contributed by atoms with Crippen LogP contribution in [0.4, 0.5) is 4.79 Å². The maximum Gasteiger partial charge on any atom is 0.329 e. The predicted molar refractivity (Wildman–Crippen MR) is 68.8 cm³/mol. The molecule has 2 fully saturated rings. The molecule has 3 N–H and O–H groups in total. The van der Waals surface area contributed by atoms with Crippen molar-refractivity contribution in [2.24, 2.45) is 11.3 Å². The number of hydrogen-bond acceptors (Lipinski definition) is 3. The van der Waals surface area contributed by atoms with Crippen LogP contribution in [-0.4, -0.2) is 42.4 Å². The molecule has 6 heteroatoms. The van der Waals surface area contributed by atoms with Gasteiger partial charge in [-0.1, -0.05) is 13.8 Å². The number of hydrogen-bond donors (Lipinski definition) is 3. The van der Waals surface area contributed by atoms with Crippen molar-refractivity contribution in [3.63, 3.8) is 0 Å². The number of carboxylic acid groups (broad SMARTS) is 1. The summed E-state index contributed by atoms with van der Waals surface area (Å²) in [5.41, 5.74) is -0.877. The standard InChI is InChI=1S/C13H22N2O4/c1-12(2)7-9(12)8-14-11(18)15-13(10(16)17)3-5-19-6-4-13/h9H,3-8H2,1-2H3,(H,16,17)(H2,14,15,18). The monoisotopic (exact) mass is 270 g/mol. The maximum absolute atomic E-state index is 11.8. The fourth-order valence-corrected chi connectivity index (χ4v) is 2.51. The molecule has 108 valence electrons. The van der Waals surface area contributed by atoms with Crippen molar-refractivity contribution in [2.45, 2.75) is 38.6 Å². The zero-order valence-electron chi connectivity index (χ0n) is 11.5. The maximum atomic E-state index is 11.8. The average molecular weight is 270 g/mol. The van der Waals surface area contributed by atoms with E-state index in [2.05, 4.69) is 24.5 Å². The molecular weight excluding hydrogens is 248 g/mol. The molecule has 1 aliphatic heterocycles. The summed E-state index contributed by atoms with van der Waals surface area (Å²) < 4.78 is 5.16. The molecule has 1 aliphatic carbocycles. The van der Waals surface area contributed by atoms with Crippen LogP contribution in [0.3, 0.4) is 0 Å². The molecule has 1 atom stereocenters. The van der Waals surface area contributed by atoms with E-state index in [1.807, 2.05) is 0 Å². The van der Waals surface area contributed by atoms with E-state index < -0.39 is 17.5 Å². The highest BCUT2D eigenvalue weighted by Crippen LogP contribution is 2.50. The lowest BCUT2D eigenvalue weighted by Crippen LogP contribution is -2.59. The van der Waals surface area contributed by atoms with Crippen molar-refractivity contribution < 1.29 is 19.4 Å². The van der Waals surface area contributed by atoms with Crippen LogP contribution in [0.1, 0.15) is 33.1 Å². The van der Waals surface area contributed by atoms with Gasteiger partial charge in [-0.3, -0.25) is 0 Å². The second kappa shape index (κ2) is 5.00. The van der Waals surface area contributed by atoms with E-state index in [0.29, 0.717) is 43.9 Å². The van der Waals surface area contributed by atoms with Crippen molar-refractivity contribution in [1.29, 1.82) is 0 Å². The number of carboxylic acids is 1. The average Bonchev–Trinajstić information content (AvgIpc) is 2.95. The van der Waals surface area contributed by atoms with Crippen LogP contribution in [0.25, 0.3) is 0 Å². The number of amides is 2. The first-order valence-corrected chi connectivity index (χ1v) is 6.73. The van der Waals surface area contributed by atoms with E-state index in [1.54, 1.807) is 0 Å². The summed E-state index contributed by atoms with van der Waals surface area (Å²) in [7, 11) is 0. The van der Waals surface area contributed by atoms with Gasteiger partial charge in [-0.2, -0.15) is 0 Å². The van der Waals surface area contributed by atoms with Gasteiger partial charge in [-0.25, -0.2) is 9.59 Å². The Kier molecular flexibility index (Phi) is 3.71. The fourth-order valence-electron chi connectivity index (χ4n) is 2.51. The number of ether oxygens (including phenoxy) is 1. The molecule has 2 aliphatic rings. The number of carbonyl (C=O) groups excluding carboxylic acids is 1. The topological polar surface area (TPSA) is 87.7 Å². The summed E-state index contributed by atoms with van der Waals surface area (Å²) in [5, 5.41) is 14.7. The highest BCUT2D eigenvalue weighted by molar-refractivity contribution is 5.86. The number of aliphatic carboxylic acids is 1. The molecule has 6 nitrogen and oxygen atoms in total. The number of nitrogens with one attached hydrogen (secondary N) is 2. The number of urea groups is 1. The minimum Gasteiger partial charge on any atom is -0.480 e. The van der Waals surface area contributed by atoms with E-state index in [9.17, 15) is 14.7 Å². The van der Waals surface area contributed by atoms with E-state index in [1.165, 1.54) is 0 Å². The second-order valence-corrected chi connectivity index (χ2v) is 6.22. The van der Waals surface area contributed by atoms with Gasteiger partial charge < -0.3 is 20.5 Å². The molecule has 1 saturated carbocycles. The molecule has 0 spiro atoms. The molecule has 0 bridgehead atoms. The Labute approximate surface area is 112 Å². The molecule has 1 saturated heterocycles. The largest absolute Gasteiger partial charge is 0.480 e. The third kappa shape index (κ3) is 3.18. The first-order valence-electron chi connectivity index (χ1n) is 6.73. The Morgan fingerprint density at radius 3 is 2.37 bits per heavy atom. The van der Waals surface area contributed by atoms with Crippen LogP contribution in [0.15, 0.2) is 0 Å². The molecule has 1 heterocycles. The minimum absolute atomic E-state index is 0.302. The number of rotatable bonds is 4. The zero-order chi connectivity index (χ0) is 14.1. The van der Waals surface area contributed by atoms with Crippen molar-refractivity contribution in [2.75, 3.05) is 19.8 Å². The van der Waals surface area contributed by atoms with Gasteiger partial charge in [0.05, 0.1) is 0 Å². The molecule has 2 amide bonds. The molecule has 0 aromatic rings. The molecular formula is C13H22N2O4. The normalized spacial score (nSPS) is 27.4. The van der Waals surface area contributed by atoms with E-state index in [0.717, 1.165) is 6.42 Å². The first kappa shape index (κ1) is 14.1. The highest BCUT2D eigenvalue weighted by atomic mass is 16.5. The van der Waals surface area contributed by atoms with E-state index >= 15 is 0 Å². The van der Waals surface area contributed by atoms with Crippen molar-refractivity contribution in [3.8, 4) is 0 Å². The molecule has 2 rings (SSSR count). The molecule has 19 heavy (non-hydrogen) atoms. The van der Waals surface area contributed by atoms with Crippen LogP contribution in [0, 0.1) is 11.3 Å². The minimum atomic E-state index is -1.18. The molecule has 0 aromatic carbocycles. The van der Waals surface area contributed by atoms with Crippen LogP contribution in [-0.2, 0) is 9.53 Å². The lowest BCUT2D eigenvalue weighted by molar-refractivity contribution is -0.148. The van der Waals surface area contributed by atoms with Gasteiger partial charge in [0.25, 0.3) is 0 Å². The summed E-state index contributed by atoms with van der Waals surface area (Å²) >= 11 is 0. The van der Waals surface area contributed by atoms with Gasteiger partial charge in [-0.15, -0.1) is 0 Å². The van der Waals surface area contributed by atoms with Crippen LogP contribution >= 0.6 is 0 Å². The summed E-state index contributed by atoms with van der Waals surface area (Å²) in [5.74, 6) is -0.494. The number of carbonyl (C=O) groups is 2. The fraction of sp³-hybridized carbons (Fsp3) is 0.846. The summed E-state index contributed by atoms with van der Waals surface area (Å²) in [6, 6.07) is -0.396.